The van der Waals surface area contributed by atoms with Crippen LogP contribution in [0.25, 0.3) is 6.08 Å². The molecule has 0 amide bonds. The van der Waals surface area contributed by atoms with Crippen molar-refractivity contribution in [2.45, 2.75) is 26.1 Å². The molecule has 0 fully saturated rings. The zero-order valence-corrected chi connectivity index (χ0v) is 12.1. The number of hydrogen-bond acceptors (Lipinski definition) is 2. The first-order valence-corrected chi connectivity index (χ1v) is 6.91. The Hall–Kier alpha value is -2.29. The van der Waals surface area contributed by atoms with Gasteiger partial charge in [-0.05, 0) is 49.8 Å². The van der Waals surface area contributed by atoms with Crippen molar-refractivity contribution < 1.29 is 13.9 Å². The van der Waals surface area contributed by atoms with Crippen molar-refractivity contribution >= 4 is 6.08 Å². The standard InChI is InChI=1S/C18H17FO2/c1-18(2)10-9-14-5-8-16(11-17(14)21-18)20-12-13-3-6-15(19)7-4-13/h3-11H,12H2,1-2H3. The monoisotopic (exact) mass is 284 g/mol. The van der Waals surface area contributed by atoms with E-state index < -0.39 is 0 Å². The van der Waals surface area contributed by atoms with Crippen molar-refractivity contribution in [1.82, 2.24) is 0 Å². The molecule has 0 N–H and O–H groups in total. The molecule has 1 aliphatic rings. The Morgan fingerprint density at radius 1 is 1.10 bits per heavy atom. The minimum absolute atomic E-state index is 0.241. The van der Waals surface area contributed by atoms with Gasteiger partial charge in [0.2, 0.25) is 0 Å². The quantitative estimate of drug-likeness (QED) is 0.820. The average Bonchev–Trinajstić information content (AvgIpc) is 2.45. The lowest BCUT2D eigenvalue weighted by atomic mass is 10.0. The molecule has 0 atom stereocenters. The first-order valence-electron chi connectivity index (χ1n) is 6.91. The van der Waals surface area contributed by atoms with Gasteiger partial charge < -0.3 is 9.47 Å². The van der Waals surface area contributed by atoms with E-state index in [4.69, 9.17) is 9.47 Å². The molecule has 0 saturated heterocycles. The van der Waals surface area contributed by atoms with Gasteiger partial charge in [0.05, 0.1) is 0 Å². The Balaban J connectivity index is 1.73. The van der Waals surface area contributed by atoms with E-state index in [0.717, 1.165) is 22.6 Å². The van der Waals surface area contributed by atoms with Gasteiger partial charge in [0.1, 0.15) is 29.5 Å². The fourth-order valence-corrected chi connectivity index (χ4v) is 2.19. The van der Waals surface area contributed by atoms with Crippen LogP contribution in [0, 0.1) is 5.82 Å². The summed E-state index contributed by atoms with van der Waals surface area (Å²) >= 11 is 0. The van der Waals surface area contributed by atoms with Crippen LogP contribution < -0.4 is 9.47 Å². The summed E-state index contributed by atoms with van der Waals surface area (Å²) in [7, 11) is 0. The van der Waals surface area contributed by atoms with Crippen molar-refractivity contribution in [1.29, 1.82) is 0 Å². The van der Waals surface area contributed by atoms with E-state index in [1.807, 2.05) is 38.1 Å². The lowest BCUT2D eigenvalue weighted by molar-refractivity contribution is 0.158. The van der Waals surface area contributed by atoms with Crippen molar-refractivity contribution in [3.8, 4) is 11.5 Å². The summed E-state index contributed by atoms with van der Waals surface area (Å²) in [5.74, 6) is 1.32. The normalized spacial score (nSPS) is 15.2. The topological polar surface area (TPSA) is 18.5 Å². The molecule has 0 spiro atoms. The van der Waals surface area contributed by atoms with Crippen molar-refractivity contribution in [3.63, 3.8) is 0 Å². The van der Waals surface area contributed by atoms with Gasteiger partial charge in [0, 0.05) is 11.6 Å². The third-order valence-electron chi connectivity index (χ3n) is 3.34. The van der Waals surface area contributed by atoms with Gasteiger partial charge in [0.15, 0.2) is 0 Å². The minimum Gasteiger partial charge on any atom is -0.489 e. The molecule has 2 aromatic carbocycles. The molecule has 1 heterocycles. The fraction of sp³-hybridized carbons (Fsp3) is 0.222. The van der Waals surface area contributed by atoms with E-state index in [1.165, 1.54) is 12.1 Å². The molecule has 21 heavy (non-hydrogen) atoms. The summed E-state index contributed by atoms with van der Waals surface area (Å²) in [6.07, 6.45) is 4.09. The summed E-state index contributed by atoms with van der Waals surface area (Å²) < 4.78 is 24.5. The van der Waals surface area contributed by atoms with Gasteiger partial charge in [-0.3, -0.25) is 0 Å². The van der Waals surface area contributed by atoms with Gasteiger partial charge >= 0.3 is 0 Å². The molecular weight excluding hydrogens is 267 g/mol. The SMILES string of the molecule is CC1(C)C=Cc2ccc(OCc3ccc(F)cc3)cc2O1. The van der Waals surface area contributed by atoms with Crippen LogP contribution in [0.2, 0.25) is 0 Å². The summed E-state index contributed by atoms with van der Waals surface area (Å²) in [6, 6.07) is 12.1. The lowest BCUT2D eigenvalue weighted by Crippen LogP contribution is -2.27. The van der Waals surface area contributed by atoms with Gasteiger partial charge in [-0.2, -0.15) is 0 Å². The number of halogens is 1. The third-order valence-corrected chi connectivity index (χ3v) is 3.34. The van der Waals surface area contributed by atoms with E-state index in [-0.39, 0.29) is 11.4 Å². The zero-order valence-electron chi connectivity index (χ0n) is 12.1. The van der Waals surface area contributed by atoms with Crippen LogP contribution in [-0.4, -0.2) is 5.60 Å². The Kier molecular flexibility index (Phi) is 3.42. The highest BCUT2D eigenvalue weighted by atomic mass is 19.1. The molecule has 0 aliphatic carbocycles. The number of rotatable bonds is 3. The molecule has 0 unspecified atom stereocenters. The van der Waals surface area contributed by atoms with E-state index in [2.05, 4.69) is 6.08 Å². The molecule has 2 aromatic rings. The number of benzene rings is 2. The van der Waals surface area contributed by atoms with Crippen LogP contribution in [0.5, 0.6) is 11.5 Å². The minimum atomic E-state index is -0.303. The second-order valence-corrected chi connectivity index (χ2v) is 5.65. The van der Waals surface area contributed by atoms with Crippen molar-refractivity contribution in [3.05, 3.63) is 65.5 Å². The predicted octanol–water partition coefficient (Wildman–Crippen LogP) is 4.59. The summed E-state index contributed by atoms with van der Waals surface area (Å²) in [6.45, 7) is 4.43. The van der Waals surface area contributed by atoms with Crippen molar-refractivity contribution in [2.24, 2.45) is 0 Å². The molecule has 0 aromatic heterocycles. The maximum Gasteiger partial charge on any atom is 0.131 e. The van der Waals surface area contributed by atoms with E-state index >= 15 is 0 Å². The van der Waals surface area contributed by atoms with Crippen LogP contribution in [0.3, 0.4) is 0 Å². The lowest BCUT2D eigenvalue weighted by Gasteiger charge is -2.28. The molecule has 0 radical (unpaired) electrons. The maximum absolute atomic E-state index is 12.8. The van der Waals surface area contributed by atoms with Gasteiger partial charge in [-0.1, -0.05) is 18.2 Å². The highest BCUT2D eigenvalue weighted by molar-refractivity contribution is 5.62. The number of fused-ring (bicyclic) bond motifs is 1. The van der Waals surface area contributed by atoms with Gasteiger partial charge in [-0.15, -0.1) is 0 Å². The maximum atomic E-state index is 12.8. The Bertz CT molecular complexity index is 672. The molecule has 108 valence electrons. The Morgan fingerprint density at radius 3 is 2.62 bits per heavy atom. The zero-order chi connectivity index (χ0) is 14.9. The first kappa shape index (κ1) is 13.7. The molecule has 3 heteroatoms. The average molecular weight is 284 g/mol. The fourth-order valence-electron chi connectivity index (χ4n) is 2.19. The van der Waals surface area contributed by atoms with Crippen LogP contribution in [0.1, 0.15) is 25.0 Å². The number of ether oxygens (including phenoxy) is 2. The van der Waals surface area contributed by atoms with Crippen LogP contribution in [0.4, 0.5) is 4.39 Å². The second-order valence-electron chi connectivity index (χ2n) is 5.65. The smallest absolute Gasteiger partial charge is 0.131 e. The van der Waals surface area contributed by atoms with Crippen LogP contribution in [-0.2, 0) is 6.61 Å². The summed E-state index contributed by atoms with van der Waals surface area (Å²) in [4.78, 5) is 0. The number of hydrogen-bond donors (Lipinski definition) is 0. The molecule has 3 rings (SSSR count). The largest absolute Gasteiger partial charge is 0.489 e. The van der Waals surface area contributed by atoms with Crippen molar-refractivity contribution in [2.75, 3.05) is 0 Å². The van der Waals surface area contributed by atoms with Gasteiger partial charge in [-0.25, -0.2) is 4.39 Å². The first-order chi connectivity index (χ1) is 10.0. The molecule has 1 aliphatic heterocycles. The van der Waals surface area contributed by atoms with Gasteiger partial charge in [0.25, 0.3) is 0 Å². The summed E-state index contributed by atoms with van der Waals surface area (Å²) in [5.41, 5.74) is 1.67. The van der Waals surface area contributed by atoms with Crippen LogP contribution in [0.15, 0.2) is 48.5 Å². The highest BCUT2D eigenvalue weighted by Crippen LogP contribution is 2.33. The van der Waals surface area contributed by atoms with E-state index in [9.17, 15) is 4.39 Å². The van der Waals surface area contributed by atoms with E-state index in [1.54, 1.807) is 12.1 Å². The van der Waals surface area contributed by atoms with E-state index in [0.29, 0.717) is 6.61 Å². The molecule has 0 bridgehead atoms. The second kappa shape index (κ2) is 5.24. The Labute approximate surface area is 123 Å². The molecule has 2 nitrogen and oxygen atoms in total. The van der Waals surface area contributed by atoms with Crippen LogP contribution >= 0.6 is 0 Å². The summed E-state index contributed by atoms with van der Waals surface area (Å²) in [5, 5.41) is 0. The third kappa shape index (κ3) is 3.24. The predicted molar refractivity (Wildman–Crippen MR) is 80.9 cm³/mol. The highest BCUT2D eigenvalue weighted by Gasteiger charge is 2.21. The molecule has 0 saturated carbocycles. The molecular formula is C18H17FO2. The Morgan fingerprint density at radius 2 is 1.86 bits per heavy atom.